The van der Waals surface area contributed by atoms with Crippen molar-refractivity contribution in [1.29, 1.82) is 0 Å². The molecule has 2 aromatic rings. The van der Waals surface area contributed by atoms with Crippen molar-refractivity contribution < 1.29 is 23.9 Å². The number of carbonyl (C=O) groups is 3. The van der Waals surface area contributed by atoms with Crippen LogP contribution in [0.4, 0.5) is 5.69 Å². The first-order valence-electron chi connectivity index (χ1n) is 11.2. The van der Waals surface area contributed by atoms with Crippen LogP contribution < -0.4 is 14.4 Å². The number of methoxy groups -OCH3 is 1. The van der Waals surface area contributed by atoms with Crippen LogP contribution >= 0.6 is 23.2 Å². The molecule has 174 valence electrons. The second kappa shape index (κ2) is 7.85. The van der Waals surface area contributed by atoms with E-state index in [-0.39, 0.29) is 63.7 Å². The fourth-order valence-corrected chi connectivity index (χ4v) is 6.61. The predicted octanol–water partition coefficient (Wildman–Crippen LogP) is 4.82. The molecule has 7 rings (SSSR count). The standard InChI is InChI=1S/C26H21Cl2NO5/c1-33-14-4-2-12(3-5-14)21(30)11-34-24-19(27)8-13(9-20(24)28)29-25(31)22-15-6-7-16(18-10-17(15)18)23(22)26(29)32/h2-9,15-18,22-23H,10-11H2,1H3/t15?,16?,17-,18+,22?,23?. The Bertz CT molecular complexity index is 1200. The summed E-state index contributed by atoms with van der Waals surface area (Å²) in [5.74, 6) is 0.874. The van der Waals surface area contributed by atoms with Crippen molar-refractivity contribution >= 4 is 46.5 Å². The Kier molecular flexibility index (Phi) is 5.01. The van der Waals surface area contributed by atoms with Crippen molar-refractivity contribution in [2.45, 2.75) is 6.42 Å². The van der Waals surface area contributed by atoms with E-state index in [0.717, 1.165) is 6.42 Å². The van der Waals surface area contributed by atoms with E-state index in [4.69, 9.17) is 32.7 Å². The van der Waals surface area contributed by atoms with Gasteiger partial charge in [0.05, 0.1) is 34.7 Å². The third-order valence-corrected chi connectivity index (χ3v) is 8.23. The summed E-state index contributed by atoms with van der Waals surface area (Å²) in [5, 5.41) is 0.258. The number of hydrogen-bond acceptors (Lipinski definition) is 5. The molecular weight excluding hydrogens is 477 g/mol. The van der Waals surface area contributed by atoms with Crippen LogP contribution in [0.15, 0.2) is 48.6 Å². The molecule has 0 radical (unpaired) electrons. The molecule has 2 bridgehead atoms. The molecule has 1 heterocycles. The van der Waals surface area contributed by atoms with Crippen LogP contribution in [0.3, 0.4) is 0 Å². The van der Waals surface area contributed by atoms with E-state index in [2.05, 4.69) is 12.2 Å². The van der Waals surface area contributed by atoms with Gasteiger partial charge in [0, 0.05) is 5.56 Å². The number of halogens is 2. The average molecular weight is 498 g/mol. The van der Waals surface area contributed by atoms with Crippen molar-refractivity contribution in [2.24, 2.45) is 35.5 Å². The summed E-state index contributed by atoms with van der Waals surface area (Å²) in [6.07, 6.45) is 5.37. The number of allylic oxidation sites excluding steroid dienone is 2. The molecule has 1 aliphatic heterocycles. The minimum atomic E-state index is -0.304. The molecule has 2 aromatic carbocycles. The minimum Gasteiger partial charge on any atom is -0.497 e. The predicted molar refractivity (Wildman–Crippen MR) is 126 cm³/mol. The number of carbonyl (C=O) groups excluding carboxylic acids is 3. The lowest BCUT2D eigenvalue weighted by atomic mass is 9.63. The monoisotopic (exact) mass is 497 g/mol. The molecule has 3 fully saturated rings. The Hall–Kier alpha value is -2.83. The number of amides is 2. The van der Waals surface area contributed by atoms with Gasteiger partial charge in [-0.1, -0.05) is 35.4 Å². The van der Waals surface area contributed by atoms with E-state index in [1.165, 1.54) is 17.0 Å². The van der Waals surface area contributed by atoms with Gasteiger partial charge in [-0.15, -0.1) is 0 Å². The number of ketones is 1. The summed E-state index contributed by atoms with van der Waals surface area (Å²) in [6.45, 7) is -0.269. The molecular formula is C26H21Cl2NO5. The molecule has 2 saturated carbocycles. The summed E-state index contributed by atoms with van der Waals surface area (Å²) < 4.78 is 10.7. The van der Waals surface area contributed by atoms with E-state index in [0.29, 0.717) is 28.8 Å². The number of imide groups is 1. The maximum atomic E-state index is 13.3. The van der Waals surface area contributed by atoms with Gasteiger partial charge in [0.25, 0.3) is 0 Å². The number of hydrogen-bond donors (Lipinski definition) is 0. The van der Waals surface area contributed by atoms with Gasteiger partial charge < -0.3 is 9.47 Å². The summed E-state index contributed by atoms with van der Waals surface area (Å²) in [5.41, 5.74) is 0.795. The zero-order valence-electron chi connectivity index (χ0n) is 18.2. The smallest absolute Gasteiger partial charge is 0.238 e. The first kappa shape index (κ1) is 21.7. The van der Waals surface area contributed by atoms with Gasteiger partial charge >= 0.3 is 0 Å². The quantitative estimate of drug-likeness (QED) is 0.325. The summed E-state index contributed by atoms with van der Waals surface area (Å²) in [6, 6.07) is 9.68. The Morgan fingerprint density at radius 1 is 0.971 bits per heavy atom. The normalized spacial score (nSPS) is 30.3. The molecule has 1 saturated heterocycles. The van der Waals surface area contributed by atoms with Crippen molar-refractivity contribution in [1.82, 2.24) is 0 Å². The van der Waals surface area contributed by atoms with Gasteiger partial charge in [0.15, 0.2) is 18.1 Å². The Morgan fingerprint density at radius 2 is 1.53 bits per heavy atom. The Labute approximate surface area is 206 Å². The first-order valence-corrected chi connectivity index (χ1v) is 12.0. The average Bonchev–Trinajstić information content (AvgIpc) is 3.61. The molecule has 4 aliphatic carbocycles. The van der Waals surface area contributed by atoms with Crippen LogP contribution in [0.25, 0.3) is 0 Å². The molecule has 8 heteroatoms. The zero-order chi connectivity index (χ0) is 23.7. The van der Waals surface area contributed by atoms with Crippen molar-refractivity contribution in [3.05, 3.63) is 64.2 Å². The number of nitrogens with zero attached hydrogens (tertiary/aromatic N) is 1. The Balaban J connectivity index is 1.21. The largest absolute Gasteiger partial charge is 0.497 e. The molecule has 0 spiro atoms. The highest BCUT2D eigenvalue weighted by atomic mass is 35.5. The van der Waals surface area contributed by atoms with Crippen molar-refractivity contribution in [2.75, 3.05) is 18.6 Å². The third-order valence-electron chi connectivity index (χ3n) is 7.66. The maximum Gasteiger partial charge on any atom is 0.238 e. The van der Waals surface area contributed by atoms with E-state index in [1.54, 1.807) is 31.4 Å². The number of Topliss-reactive ketones (excluding diaryl/α,β-unsaturated/α-hetero) is 1. The fraction of sp³-hybridized carbons (Fsp3) is 0.346. The van der Waals surface area contributed by atoms with Gasteiger partial charge in [-0.25, -0.2) is 4.90 Å². The maximum absolute atomic E-state index is 13.3. The molecule has 0 N–H and O–H groups in total. The van der Waals surface area contributed by atoms with E-state index < -0.39 is 0 Å². The number of rotatable bonds is 6. The fourth-order valence-electron chi connectivity index (χ4n) is 6.02. The van der Waals surface area contributed by atoms with Crippen LogP contribution in [0.2, 0.25) is 10.0 Å². The zero-order valence-corrected chi connectivity index (χ0v) is 19.8. The molecule has 6 nitrogen and oxygen atoms in total. The third kappa shape index (κ3) is 3.19. The number of ether oxygens (including phenoxy) is 2. The van der Waals surface area contributed by atoms with Gasteiger partial charge in [-0.05, 0) is 66.5 Å². The van der Waals surface area contributed by atoms with E-state index in [1.807, 2.05) is 0 Å². The van der Waals surface area contributed by atoms with Gasteiger partial charge in [0.1, 0.15) is 5.75 Å². The lowest BCUT2D eigenvalue weighted by Crippen LogP contribution is -2.40. The summed E-state index contributed by atoms with van der Waals surface area (Å²) in [4.78, 5) is 40.4. The van der Waals surface area contributed by atoms with Crippen LogP contribution in [0, 0.1) is 35.5 Å². The molecule has 6 atom stereocenters. The minimum absolute atomic E-state index is 0.129. The molecule has 34 heavy (non-hydrogen) atoms. The second-order valence-electron chi connectivity index (χ2n) is 9.35. The number of anilines is 1. The number of benzene rings is 2. The first-order chi connectivity index (χ1) is 16.4. The molecule has 0 aromatic heterocycles. The highest BCUT2D eigenvalue weighted by Gasteiger charge is 2.67. The van der Waals surface area contributed by atoms with Gasteiger partial charge in [-0.2, -0.15) is 0 Å². The lowest BCUT2D eigenvalue weighted by molar-refractivity contribution is -0.124. The van der Waals surface area contributed by atoms with E-state index in [9.17, 15) is 14.4 Å². The highest BCUT2D eigenvalue weighted by Crippen LogP contribution is 2.65. The molecule has 5 aliphatic rings. The lowest BCUT2D eigenvalue weighted by Gasteiger charge is -2.37. The van der Waals surface area contributed by atoms with Crippen LogP contribution in [0.5, 0.6) is 11.5 Å². The SMILES string of the molecule is COc1ccc(C(=O)COc2c(Cl)cc(N3C(=O)C4C(C3=O)C3C=CC4[C@H]4C[C@@H]34)cc2Cl)cc1. The molecule has 4 unspecified atom stereocenters. The topological polar surface area (TPSA) is 72.9 Å². The van der Waals surface area contributed by atoms with Gasteiger partial charge in [0.2, 0.25) is 11.8 Å². The summed E-state index contributed by atoms with van der Waals surface area (Å²) >= 11 is 12.9. The van der Waals surface area contributed by atoms with Crippen LogP contribution in [-0.4, -0.2) is 31.3 Å². The highest BCUT2D eigenvalue weighted by molar-refractivity contribution is 6.38. The second-order valence-corrected chi connectivity index (χ2v) is 10.2. The van der Waals surface area contributed by atoms with Crippen LogP contribution in [0.1, 0.15) is 16.8 Å². The van der Waals surface area contributed by atoms with E-state index >= 15 is 0 Å². The van der Waals surface area contributed by atoms with Gasteiger partial charge in [-0.3, -0.25) is 14.4 Å². The Morgan fingerprint density at radius 3 is 2.06 bits per heavy atom. The van der Waals surface area contributed by atoms with Crippen molar-refractivity contribution in [3.8, 4) is 11.5 Å². The van der Waals surface area contributed by atoms with Crippen molar-refractivity contribution in [3.63, 3.8) is 0 Å². The van der Waals surface area contributed by atoms with Crippen LogP contribution in [-0.2, 0) is 9.59 Å². The summed E-state index contributed by atoms with van der Waals surface area (Å²) in [7, 11) is 1.55. The molecule has 2 amide bonds.